The summed E-state index contributed by atoms with van der Waals surface area (Å²) < 4.78 is 0. The first-order valence-corrected chi connectivity index (χ1v) is 6.07. The number of aromatic amines is 1. The van der Waals surface area contributed by atoms with Crippen LogP contribution in [0.1, 0.15) is 11.4 Å². The number of H-pyrrole nitrogens is 1. The van der Waals surface area contributed by atoms with Crippen molar-refractivity contribution in [1.29, 1.82) is 0 Å². The summed E-state index contributed by atoms with van der Waals surface area (Å²) in [4.78, 5) is 7.73. The lowest BCUT2D eigenvalue weighted by Crippen LogP contribution is -1.74. The van der Waals surface area contributed by atoms with Gasteiger partial charge in [-0.05, 0) is 35.9 Å². The number of hydrogen-bond acceptors (Lipinski definition) is 1. The second-order valence-corrected chi connectivity index (χ2v) is 4.46. The van der Waals surface area contributed by atoms with Gasteiger partial charge in [0.05, 0.1) is 11.0 Å². The molecule has 3 rings (SSSR count). The van der Waals surface area contributed by atoms with Crippen LogP contribution in [0.4, 0.5) is 0 Å². The molecule has 0 fully saturated rings. The van der Waals surface area contributed by atoms with E-state index >= 15 is 0 Å². The van der Waals surface area contributed by atoms with Crippen LogP contribution >= 0.6 is 11.6 Å². The summed E-state index contributed by atoms with van der Waals surface area (Å²) in [5, 5.41) is 0.746. The average molecular weight is 255 g/mol. The maximum absolute atomic E-state index is 5.84. The summed E-state index contributed by atoms with van der Waals surface area (Å²) >= 11 is 5.84. The molecule has 0 aliphatic heterocycles. The molecule has 18 heavy (non-hydrogen) atoms. The molecule has 0 unspecified atom stereocenters. The number of benzene rings is 2. The van der Waals surface area contributed by atoms with E-state index in [9.17, 15) is 0 Å². The van der Waals surface area contributed by atoms with Crippen LogP contribution in [0, 0.1) is 0 Å². The molecule has 0 radical (unpaired) electrons. The van der Waals surface area contributed by atoms with Crippen LogP contribution in [0.2, 0.25) is 5.02 Å². The third-order valence-electron chi connectivity index (χ3n) is 2.71. The fourth-order valence-corrected chi connectivity index (χ4v) is 1.93. The van der Waals surface area contributed by atoms with Crippen LogP contribution in [0.25, 0.3) is 23.2 Å². The van der Waals surface area contributed by atoms with Gasteiger partial charge in [0, 0.05) is 5.02 Å². The van der Waals surface area contributed by atoms with E-state index in [0.29, 0.717) is 0 Å². The van der Waals surface area contributed by atoms with Crippen molar-refractivity contribution in [2.75, 3.05) is 0 Å². The Morgan fingerprint density at radius 1 is 0.944 bits per heavy atom. The molecule has 0 aliphatic carbocycles. The molecule has 3 aromatic rings. The van der Waals surface area contributed by atoms with Crippen molar-refractivity contribution in [2.45, 2.75) is 0 Å². The van der Waals surface area contributed by atoms with Crippen molar-refractivity contribution in [2.24, 2.45) is 0 Å². The molecule has 0 amide bonds. The van der Waals surface area contributed by atoms with Gasteiger partial charge in [0.15, 0.2) is 0 Å². The van der Waals surface area contributed by atoms with E-state index in [4.69, 9.17) is 11.6 Å². The highest BCUT2D eigenvalue weighted by molar-refractivity contribution is 6.30. The van der Waals surface area contributed by atoms with Crippen molar-refractivity contribution in [3.05, 3.63) is 64.9 Å². The zero-order chi connectivity index (χ0) is 12.4. The quantitative estimate of drug-likeness (QED) is 0.722. The molecule has 2 nitrogen and oxygen atoms in total. The summed E-state index contributed by atoms with van der Waals surface area (Å²) in [7, 11) is 0. The van der Waals surface area contributed by atoms with Gasteiger partial charge in [-0.2, -0.15) is 0 Å². The number of aromatic nitrogens is 2. The van der Waals surface area contributed by atoms with Crippen LogP contribution in [0.15, 0.2) is 48.5 Å². The third-order valence-corrected chi connectivity index (χ3v) is 2.96. The summed E-state index contributed by atoms with van der Waals surface area (Å²) in [6.07, 6.45) is 3.97. The summed E-state index contributed by atoms with van der Waals surface area (Å²) in [6.45, 7) is 0. The van der Waals surface area contributed by atoms with Gasteiger partial charge in [-0.25, -0.2) is 4.98 Å². The van der Waals surface area contributed by atoms with Gasteiger partial charge in [-0.1, -0.05) is 41.9 Å². The molecule has 0 bridgehead atoms. The topological polar surface area (TPSA) is 28.7 Å². The summed E-state index contributed by atoms with van der Waals surface area (Å²) in [5.74, 6) is 0.853. The number of halogens is 1. The van der Waals surface area contributed by atoms with Crippen molar-refractivity contribution in [1.82, 2.24) is 9.97 Å². The Balaban J connectivity index is 1.89. The second-order valence-electron chi connectivity index (χ2n) is 4.02. The van der Waals surface area contributed by atoms with Crippen LogP contribution in [0.5, 0.6) is 0 Å². The van der Waals surface area contributed by atoms with Gasteiger partial charge in [0.25, 0.3) is 0 Å². The Bertz CT molecular complexity index is 663. The number of nitrogens with one attached hydrogen (secondary N) is 1. The SMILES string of the molecule is Clc1ccc(/C=C/c2nc3ccccc3[nH]2)cc1. The van der Waals surface area contributed by atoms with Crippen LogP contribution in [0.3, 0.4) is 0 Å². The molecule has 3 heteroatoms. The Kier molecular flexibility index (Phi) is 2.87. The Morgan fingerprint density at radius 2 is 1.72 bits per heavy atom. The monoisotopic (exact) mass is 254 g/mol. The molecule has 0 spiro atoms. The zero-order valence-electron chi connectivity index (χ0n) is 9.60. The van der Waals surface area contributed by atoms with E-state index < -0.39 is 0 Å². The highest BCUT2D eigenvalue weighted by Gasteiger charge is 1.97. The molecular formula is C15H11ClN2. The first kappa shape index (κ1) is 11.1. The van der Waals surface area contributed by atoms with Gasteiger partial charge < -0.3 is 4.98 Å². The lowest BCUT2D eigenvalue weighted by molar-refractivity contribution is 1.29. The summed E-state index contributed by atoms with van der Waals surface area (Å²) in [6, 6.07) is 15.7. The summed E-state index contributed by atoms with van der Waals surface area (Å²) in [5.41, 5.74) is 3.13. The van der Waals surface area contributed by atoms with Crippen molar-refractivity contribution in [3.63, 3.8) is 0 Å². The highest BCUT2D eigenvalue weighted by Crippen LogP contribution is 2.14. The minimum atomic E-state index is 0.746. The van der Waals surface area contributed by atoms with E-state index in [1.165, 1.54) is 0 Å². The van der Waals surface area contributed by atoms with Gasteiger partial charge >= 0.3 is 0 Å². The number of nitrogens with zero attached hydrogens (tertiary/aromatic N) is 1. The molecule has 0 saturated heterocycles. The predicted octanol–water partition coefficient (Wildman–Crippen LogP) is 4.39. The standard InChI is InChI=1S/C15H11ClN2/c16-12-8-5-11(6-9-12)7-10-15-17-13-3-1-2-4-14(13)18-15/h1-10H,(H,17,18)/b10-7+. The first-order valence-electron chi connectivity index (χ1n) is 5.70. The molecular weight excluding hydrogens is 244 g/mol. The smallest absolute Gasteiger partial charge is 0.131 e. The van der Waals surface area contributed by atoms with Crippen molar-refractivity contribution in [3.8, 4) is 0 Å². The van der Waals surface area contributed by atoms with E-state index in [1.54, 1.807) is 0 Å². The molecule has 0 saturated carbocycles. The normalized spacial score (nSPS) is 11.4. The minimum Gasteiger partial charge on any atom is -0.338 e. The molecule has 1 aromatic heterocycles. The number of para-hydroxylation sites is 2. The zero-order valence-corrected chi connectivity index (χ0v) is 10.4. The number of fused-ring (bicyclic) bond motifs is 1. The fourth-order valence-electron chi connectivity index (χ4n) is 1.80. The van der Waals surface area contributed by atoms with Crippen molar-refractivity contribution >= 4 is 34.8 Å². The molecule has 88 valence electrons. The molecule has 0 aliphatic rings. The van der Waals surface area contributed by atoms with Gasteiger partial charge in [0.2, 0.25) is 0 Å². The first-order chi connectivity index (χ1) is 8.81. The van der Waals surface area contributed by atoms with Gasteiger partial charge in [-0.3, -0.25) is 0 Å². The third kappa shape index (κ3) is 2.29. The highest BCUT2D eigenvalue weighted by atomic mass is 35.5. The van der Waals surface area contributed by atoms with E-state index in [-0.39, 0.29) is 0 Å². The van der Waals surface area contributed by atoms with Crippen LogP contribution < -0.4 is 0 Å². The van der Waals surface area contributed by atoms with Gasteiger partial charge in [0.1, 0.15) is 5.82 Å². The van der Waals surface area contributed by atoms with E-state index in [2.05, 4.69) is 9.97 Å². The Morgan fingerprint density at radius 3 is 2.50 bits per heavy atom. The maximum Gasteiger partial charge on any atom is 0.131 e. The number of rotatable bonds is 2. The predicted molar refractivity (Wildman–Crippen MR) is 76.5 cm³/mol. The van der Waals surface area contributed by atoms with Gasteiger partial charge in [-0.15, -0.1) is 0 Å². The van der Waals surface area contributed by atoms with E-state index in [1.807, 2.05) is 60.7 Å². The lowest BCUT2D eigenvalue weighted by Gasteiger charge is -1.92. The van der Waals surface area contributed by atoms with E-state index in [0.717, 1.165) is 27.4 Å². The minimum absolute atomic E-state index is 0.746. The van der Waals surface area contributed by atoms with Crippen LogP contribution in [-0.2, 0) is 0 Å². The fraction of sp³-hybridized carbons (Fsp3) is 0. The number of hydrogen-bond donors (Lipinski definition) is 1. The largest absolute Gasteiger partial charge is 0.338 e. The lowest BCUT2D eigenvalue weighted by atomic mass is 10.2. The maximum atomic E-state index is 5.84. The van der Waals surface area contributed by atoms with Crippen LogP contribution in [-0.4, -0.2) is 9.97 Å². The molecule has 0 atom stereocenters. The molecule has 1 heterocycles. The second kappa shape index (κ2) is 4.67. The Hall–Kier alpha value is -2.06. The Labute approximate surface area is 110 Å². The average Bonchev–Trinajstić information content (AvgIpc) is 2.81. The molecule has 2 aromatic carbocycles. The number of imidazole rings is 1. The van der Waals surface area contributed by atoms with Crippen molar-refractivity contribution < 1.29 is 0 Å². The molecule has 1 N–H and O–H groups in total.